The number of fused-ring (bicyclic) bond motifs is 1. The van der Waals surface area contributed by atoms with Gasteiger partial charge in [-0.25, -0.2) is 9.59 Å². The molecule has 0 bridgehead atoms. The minimum absolute atomic E-state index is 0.0804. The van der Waals surface area contributed by atoms with Crippen LogP contribution in [0.1, 0.15) is 37.5 Å². The molecule has 1 unspecified atom stereocenters. The summed E-state index contributed by atoms with van der Waals surface area (Å²) in [4.78, 5) is 56.1. The van der Waals surface area contributed by atoms with Gasteiger partial charge in [0.2, 0.25) is 5.91 Å². The van der Waals surface area contributed by atoms with Crippen molar-refractivity contribution in [3.05, 3.63) is 101 Å². The third-order valence-corrected chi connectivity index (χ3v) is 8.74. The maximum Gasteiger partial charge on any atom is 0.356 e. The molecule has 0 aliphatic carbocycles. The zero-order valence-corrected chi connectivity index (χ0v) is 23.7. The monoisotopic (exact) mass is 576 g/mol. The van der Waals surface area contributed by atoms with Crippen LogP contribution in [0, 0.1) is 0 Å². The first kappa shape index (κ1) is 27.7. The molecular formula is C30H28N2O6S2. The number of anilines is 1. The van der Waals surface area contributed by atoms with Gasteiger partial charge < -0.3 is 9.47 Å². The summed E-state index contributed by atoms with van der Waals surface area (Å²) in [5.41, 5.74) is 1.44. The topological polar surface area (TPSA) is 93.2 Å². The van der Waals surface area contributed by atoms with E-state index in [0.29, 0.717) is 11.4 Å². The maximum atomic E-state index is 13.9. The second-order valence-electron chi connectivity index (χ2n) is 9.26. The summed E-state index contributed by atoms with van der Waals surface area (Å²) in [7, 11) is 0. The molecule has 0 saturated carbocycles. The Kier molecular flexibility index (Phi) is 8.37. The summed E-state index contributed by atoms with van der Waals surface area (Å²) in [6.45, 7) is 3.46. The van der Waals surface area contributed by atoms with E-state index in [1.807, 2.05) is 79.0 Å². The van der Waals surface area contributed by atoms with Crippen molar-refractivity contribution in [3.8, 4) is 0 Å². The Bertz CT molecular complexity index is 1390. The van der Waals surface area contributed by atoms with E-state index in [-0.39, 0.29) is 29.5 Å². The molecule has 10 heteroatoms. The van der Waals surface area contributed by atoms with Gasteiger partial charge in [-0.15, -0.1) is 23.1 Å². The van der Waals surface area contributed by atoms with Crippen molar-refractivity contribution in [2.75, 3.05) is 17.3 Å². The van der Waals surface area contributed by atoms with Crippen LogP contribution >= 0.6 is 23.1 Å². The number of amides is 2. The predicted molar refractivity (Wildman–Crippen MR) is 153 cm³/mol. The molecule has 1 aromatic heterocycles. The largest absolute Gasteiger partial charge is 0.462 e. The van der Waals surface area contributed by atoms with Gasteiger partial charge in [0.15, 0.2) is 6.10 Å². The van der Waals surface area contributed by atoms with E-state index in [2.05, 4.69) is 0 Å². The highest BCUT2D eigenvalue weighted by atomic mass is 32.2. The minimum atomic E-state index is -0.809. The molecule has 3 aromatic rings. The fourth-order valence-corrected chi connectivity index (χ4v) is 6.95. The zero-order chi connectivity index (χ0) is 28.2. The fraction of sp³-hybridized carbons (Fsp3) is 0.267. The van der Waals surface area contributed by atoms with E-state index >= 15 is 0 Å². The average Bonchev–Trinajstić information content (AvgIpc) is 3.51. The molecule has 3 heterocycles. The van der Waals surface area contributed by atoms with Gasteiger partial charge >= 0.3 is 11.9 Å². The minimum Gasteiger partial charge on any atom is -0.462 e. The van der Waals surface area contributed by atoms with Crippen molar-refractivity contribution in [1.82, 2.24) is 4.90 Å². The van der Waals surface area contributed by atoms with Crippen LogP contribution in [-0.2, 0) is 28.7 Å². The highest BCUT2D eigenvalue weighted by molar-refractivity contribution is 8.00. The van der Waals surface area contributed by atoms with Crippen LogP contribution in [-0.4, -0.2) is 52.4 Å². The number of carbonyl (C=O) groups excluding carboxylic acids is 4. The van der Waals surface area contributed by atoms with Gasteiger partial charge in [-0.1, -0.05) is 67.6 Å². The third kappa shape index (κ3) is 5.29. The smallest absolute Gasteiger partial charge is 0.356 e. The molecule has 0 N–H and O–H groups in total. The Labute approximate surface area is 240 Å². The molecule has 2 aliphatic rings. The Hall–Kier alpha value is -3.89. The SMILES string of the molecule is CCCOC(=O)C1=C(C(=O)OC(c2ccccc2)c2ccccc2)N2C(=O)C(N(C(C)=O)c3cccs3)[C@@H]2SC1. The quantitative estimate of drug-likeness (QED) is 0.264. The molecule has 1 fully saturated rings. The lowest BCUT2D eigenvalue weighted by atomic mass is 10.00. The third-order valence-electron chi connectivity index (χ3n) is 6.61. The molecule has 8 nitrogen and oxygen atoms in total. The van der Waals surface area contributed by atoms with Crippen molar-refractivity contribution in [2.24, 2.45) is 0 Å². The number of hydrogen-bond acceptors (Lipinski definition) is 8. The van der Waals surface area contributed by atoms with Crippen LogP contribution < -0.4 is 4.90 Å². The molecule has 2 atom stereocenters. The van der Waals surface area contributed by atoms with Gasteiger partial charge in [-0.2, -0.15) is 0 Å². The van der Waals surface area contributed by atoms with Gasteiger partial charge in [-0.3, -0.25) is 19.4 Å². The molecule has 2 aromatic carbocycles. The van der Waals surface area contributed by atoms with Gasteiger partial charge in [0, 0.05) is 12.7 Å². The fourth-order valence-electron chi connectivity index (χ4n) is 4.77. The van der Waals surface area contributed by atoms with Gasteiger partial charge in [0.05, 0.1) is 17.2 Å². The number of carbonyl (C=O) groups is 4. The lowest BCUT2D eigenvalue weighted by Crippen LogP contribution is -2.71. The van der Waals surface area contributed by atoms with Crippen molar-refractivity contribution in [3.63, 3.8) is 0 Å². The number of thioether (sulfide) groups is 1. The normalized spacial score (nSPS) is 18.2. The number of esters is 2. The number of ether oxygens (including phenoxy) is 2. The van der Waals surface area contributed by atoms with E-state index in [4.69, 9.17) is 9.47 Å². The summed E-state index contributed by atoms with van der Waals surface area (Å²) in [5, 5.41) is 1.91. The standard InChI is InChI=1S/C30H28N2O6S2/c1-3-16-37-29(35)22-18-40-28-25(31(19(2)33)23-15-10-17-39-23)27(34)32(28)24(22)30(36)38-26(20-11-6-4-7-12-20)21-13-8-5-9-14-21/h4-15,17,25-26,28H,3,16,18H2,1-2H3/t25?,28-/m0/s1. The molecule has 206 valence electrons. The summed E-state index contributed by atoms with van der Waals surface area (Å²) in [5.74, 6) is -2.06. The highest BCUT2D eigenvalue weighted by Crippen LogP contribution is 2.45. The first-order chi connectivity index (χ1) is 19.4. The Balaban J connectivity index is 1.51. The van der Waals surface area contributed by atoms with Gasteiger partial charge in [0.1, 0.15) is 17.1 Å². The average molecular weight is 577 g/mol. The zero-order valence-electron chi connectivity index (χ0n) is 22.0. The number of thiophene rings is 1. The number of rotatable bonds is 9. The van der Waals surface area contributed by atoms with Crippen molar-refractivity contribution >= 4 is 51.9 Å². The molecular weight excluding hydrogens is 548 g/mol. The first-order valence-electron chi connectivity index (χ1n) is 12.9. The van der Waals surface area contributed by atoms with E-state index in [1.165, 1.54) is 39.8 Å². The van der Waals surface area contributed by atoms with E-state index in [9.17, 15) is 19.2 Å². The summed E-state index contributed by atoms with van der Waals surface area (Å²) in [6.07, 6.45) is -0.159. The summed E-state index contributed by atoms with van der Waals surface area (Å²) < 4.78 is 11.5. The number of β-lactam (4-membered cyclic amide) rings is 1. The van der Waals surface area contributed by atoms with E-state index < -0.39 is 35.4 Å². The molecule has 1 saturated heterocycles. The molecule has 2 aliphatic heterocycles. The lowest BCUT2D eigenvalue weighted by Gasteiger charge is -2.52. The Morgan fingerprint density at radius 3 is 2.17 bits per heavy atom. The second-order valence-corrected chi connectivity index (χ2v) is 11.3. The maximum absolute atomic E-state index is 13.9. The van der Waals surface area contributed by atoms with Crippen LogP contribution in [0.25, 0.3) is 0 Å². The van der Waals surface area contributed by atoms with Crippen LogP contribution in [0.3, 0.4) is 0 Å². The lowest BCUT2D eigenvalue weighted by molar-refractivity contribution is -0.154. The highest BCUT2D eigenvalue weighted by Gasteiger charge is 2.58. The van der Waals surface area contributed by atoms with Crippen molar-refractivity contribution in [1.29, 1.82) is 0 Å². The van der Waals surface area contributed by atoms with E-state index in [0.717, 1.165) is 11.1 Å². The van der Waals surface area contributed by atoms with Crippen molar-refractivity contribution < 1.29 is 28.7 Å². The molecule has 0 radical (unpaired) electrons. The van der Waals surface area contributed by atoms with Gasteiger partial charge in [-0.05, 0) is 35.1 Å². The van der Waals surface area contributed by atoms with Crippen LogP contribution in [0.5, 0.6) is 0 Å². The van der Waals surface area contributed by atoms with E-state index in [1.54, 1.807) is 6.07 Å². The second kappa shape index (κ2) is 12.1. The molecule has 2 amide bonds. The van der Waals surface area contributed by atoms with Crippen LogP contribution in [0.15, 0.2) is 89.4 Å². The predicted octanol–water partition coefficient (Wildman–Crippen LogP) is 4.92. The van der Waals surface area contributed by atoms with Crippen LogP contribution in [0.2, 0.25) is 0 Å². The van der Waals surface area contributed by atoms with Crippen molar-refractivity contribution in [2.45, 2.75) is 37.8 Å². The number of benzene rings is 2. The summed E-state index contributed by atoms with van der Waals surface area (Å²) >= 11 is 2.67. The molecule has 0 spiro atoms. The summed E-state index contributed by atoms with van der Waals surface area (Å²) in [6, 6.07) is 21.3. The van der Waals surface area contributed by atoms with Crippen LogP contribution in [0.4, 0.5) is 5.00 Å². The van der Waals surface area contributed by atoms with Gasteiger partial charge in [0.25, 0.3) is 5.91 Å². The number of hydrogen-bond donors (Lipinski definition) is 0. The Morgan fingerprint density at radius 1 is 0.975 bits per heavy atom. The molecule has 40 heavy (non-hydrogen) atoms. The molecule has 5 rings (SSSR count). The Morgan fingerprint density at radius 2 is 1.62 bits per heavy atom. The number of nitrogens with zero attached hydrogens (tertiary/aromatic N) is 2. The first-order valence-corrected chi connectivity index (χ1v) is 14.8.